The molecule has 5 heterocycles. The van der Waals surface area contributed by atoms with Gasteiger partial charge in [-0.1, -0.05) is 5.16 Å². The van der Waals surface area contributed by atoms with Crippen LogP contribution in [0.25, 0.3) is 0 Å². The third-order valence-corrected chi connectivity index (χ3v) is 10.5. The molecule has 3 atom stereocenters. The van der Waals surface area contributed by atoms with E-state index in [1.807, 2.05) is 14.1 Å². The Balaban J connectivity index is 0.00000562. The zero-order valence-corrected chi connectivity index (χ0v) is 31.4. The van der Waals surface area contributed by atoms with Crippen LogP contribution in [0.1, 0.15) is 36.5 Å². The summed E-state index contributed by atoms with van der Waals surface area (Å²) >= 11 is 2.23. The molecule has 21 heteroatoms. The number of aromatic hydroxyl groups is 1. The molecule has 0 radical (unpaired) electrons. The number of likely N-dealkylation sites (tertiary alicyclic amines) is 1. The number of carbonyl (C=O) groups excluding carboxylic acids is 5. The Kier molecular flexibility index (Phi) is 11.4. The molecular formula is C29H33N8NaO10S2. The van der Waals surface area contributed by atoms with Crippen LogP contribution in [0.3, 0.4) is 0 Å². The van der Waals surface area contributed by atoms with Crippen LogP contribution in [-0.2, 0) is 24.0 Å². The average molecular weight is 741 g/mol. The number of fused-ring (bicyclic) bond motifs is 1. The minimum atomic E-state index is -1.91. The van der Waals surface area contributed by atoms with Gasteiger partial charge in [0.1, 0.15) is 35.4 Å². The Bertz CT molecular complexity index is 1860. The Hall–Kier alpha value is -3.95. The number of thioether (sulfide) groups is 1. The maximum absolute atomic E-state index is 13.4. The van der Waals surface area contributed by atoms with Gasteiger partial charge in [0.2, 0.25) is 5.43 Å². The number of nitrogens with two attached hydrogens (primary N) is 1. The van der Waals surface area contributed by atoms with Gasteiger partial charge >= 0.3 is 29.6 Å². The molecular weight excluding hydrogens is 707 g/mol. The van der Waals surface area contributed by atoms with E-state index in [-0.39, 0.29) is 74.6 Å². The van der Waals surface area contributed by atoms with E-state index in [2.05, 4.69) is 20.4 Å². The predicted molar refractivity (Wildman–Crippen MR) is 170 cm³/mol. The molecule has 5 N–H and O–H groups in total. The van der Waals surface area contributed by atoms with Crippen molar-refractivity contribution in [2.24, 2.45) is 5.16 Å². The van der Waals surface area contributed by atoms with E-state index in [4.69, 9.17) is 10.6 Å². The van der Waals surface area contributed by atoms with Crippen molar-refractivity contribution in [2.75, 3.05) is 45.2 Å². The Morgan fingerprint density at radius 3 is 2.56 bits per heavy atom. The number of oxime groups is 1. The molecule has 0 bridgehead atoms. The normalized spacial score (nSPS) is 20.8. The fourth-order valence-electron chi connectivity index (χ4n) is 5.68. The smallest absolute Gasteiger partial charge is 0.546 e. The second kappa shape index (κ2) is 14.7. The van der Waals surface area contributed by atoms with Crippen LogP contribution in [0.4, 0.5) is 5.13 Å². The van der Waals surface area contributed by atoms with E-state index in [0.29, 0.717) is 25.1 Å². The molecule has 262 valence electrons. The molecule has 0 aromatic carbocycles. The van der Waals surface area contributed by atoms with Gasteiger partial charge in [0.05, 0.1) is 38.3 Å². The molecule has 0 spiro atoms. The molecule has 3 amide bonds. The third kappa shape index (κ3) is 7.69. The first kappa shape index (κ1) is 38.8. The number of quaternary nitrogens is 1. The summed E-state index contributed by atoms with van der Waals surface area (Å²) in [6, 6.07) is -0.246. The van der Waals surface area contributed by atoms with Crippen molar-refractivity contribution in [1.82, 2.24) is 25.1 Å². The number of hydrogen-bond donors (Lipinski definition) is 4. The minimum absolute atomic E-state index is 0. The first-order chi connectivity index (χ1) is 22.9. The second-order valence-electron chi connectivity index (χ2n) is 12.7. The molecule has 0 aliphatic carbocycles. The van der Waals surface area contributed by atoms with E-state index in [0.717, 1.165) is 42.3 Å². The number of thiazole rings is 1. The van der Waals surface area contributed by atoms with Gasteiger partial charge < -0.3 is 55.2 Å². The van der Waals surface area contributed by atoms with Gasteiger partial charge in [0, 0.05) is 41.9 Å². The monoisotopic (exact) mass is 740 g/mol. The van der Waals surface area contributed by atoms with Crippen LogP contribution in [0.5, 0.6) is 5.75 Å². The van der Waals surface area contributed by atoms with Gasteiger partial charge in [-0.3, -0.25) is 24.1 Å². The number of aromatic amines is 1. The van der Waals surface area contributed by atoms with E-state index >= 15 is 0 Å². The summed E-state index contributed by atoms with van der Waals surface area (Å²) in [4.78, 5) is 89.7. The second-order valence-corrected chi connectivity index (χ2v) is 14.7. The number of anilines is 1. The SMILES string of the molecule is CC(C)(O/N=C(\C(=O)N[C@@H]1C(=O)N2C(C(=O)[O-])=C(C[N+](C)(C)[C@@H]3CCN(C(=O)c4cc(=O)c(O)c[nH]4)C3)CS[C@H]12)c1csc(N)n1)C(=O)[O-].[Na+]. The molecule has 5 rings (SSSR count). The van der Waals surface area contributed by atoms with Crippen molar-refractivity contribution in [2.45, 2.75) is 43.3 Å². The number of nitrogens with zero attached hydrogens (tertiary/aromatic N) is 5. The molecule has 3 aliphatic heterocycles. The number of carbonyl (C=O) groups is 5. The number of carboxylic acid groups (broad SMARTS) is 2. The van der Waals surface area contributed by atoms with Gasteiger partial charge in [-0.2, -0.15) is 0 Å². The van der Waals surface area contributed by atoms with Crippen molar-refractivity contribution in [3.8, 4) is 5.75 Å². The summed E-state index contributed by atoms with van der Waals surface area (Å²) in [7, 11) is 3.77. The number of hydrogen-bond acceptors (Lipinski definition) is 15. The zero-order valence-electron chi connectivity index (χ0n) is 27.8. The van der Waals surface area contributed by atoms with Gasteiger partial charge in [0.25, 0.3) is 17.7 Å². The molecule has 0 saturated carbocycles. The van der Waals surface area contributed by atoms with Crippen molar-refractivity contribution >= 4 is 63.6 Å². The molecule has 18 nitrogen and oxygen atoms in total. The molecule has 50 heavy (non-hydrogen) atoms. The number of aromatic nitrogens is 2. The summed E-state index contributed by atoms with van der Waals surface area (Å²) < 4.78 is 0.272. The standard InChI is InChI=1S/C29H34N8O10S2.Na/c1-29(2,27(45)46)47-34-19(16-12-49-28(30)32-16)22(40)33-20-24(42)36-21(26(43)44)13(11-48-25(20)36)10-37(3,4)14-5-6-35(9-14)23(41)15-7-17(38)18(39)8-31-15;/h7-8,12,14,20,25H,5-6,9-11H2,1-4H3,(H6-,30,31,32,33,34,38,39,40,41,43,44,45,46);/q;+1/p-1/t14-,20-,25-;/m1./s1. The van der Waals surface area contributed by atoms with Gasteiger partial charge in [-0.25, -0.2) is 4.98 Å². The van der Waals surface area contributed by atoms with E-state index < -0.39 is 63.6 Å². The molecule has 2 saturated heterocycles. The molecule has 2 aromatic heterocycles. The van der Waals surface area contributed by atoms with Crippen LogP contribution >= 0.6 is 23.1 Å². The van der Waals surface area contributed by atoms with Gasteiger partial charge in [-0.05, 0) is 13.8 Å². The van der Waals surface area contributed by atoms with Crippen molar-refractivity contribution in [3.05, 3.63) is 50.5 Å². The Morgan fingerprint density at radius 1 is 1.26 bits per heavy atom. The maximum Gasteiger partial charge on any atom is 1.00 e. The predicted octanol–water partition coefficient (Wildman–Crippen LogP) is -6.23. The number of aliphatic carboxylic acids is 2. The number of nitrogens with one attached hydrogen (secondary N) is 2. The number of β-lactam (4-membered cyclic amide) rings is 1. The van der Waals surface area contributed by atoms with E-state index in [1.54, 1.807) is 4.90 Å². The first-order valence-electron chi connectivity index (χ1n) is 14.8. The van der Waals surface area contributed by atoms with Gasteiger partial charge in [-0.15, -0.1) is 23.1 Å². The summed E-state index contributed by atoms with van der Waals surface area (Å²) in [5, 5.41) is 40.2. The molecule has 2 aromatic rings. The maximum atomic E-state index is 13.4. The number of rotatable bonds is 11. The van der Waals surface area contributed by atoms with Crippen molar-refractivity contribution < 1.29 is 78.2 Å². The van der Waals surface area contributed by atoms with Crippen LogP contribution in [-0.4, -0.2) is 127 Å². The molecule has 2 fully saturated rings. The van der Waals surface area contributed by atoms with Crippen LogP contribution < -0.4 is 56.2 Å². The van der Waals surface area contributed by atoms with Crippen LogP contribution in [0, 0.1) is 0 Å². The van der Waals surface area contributed by atoms with E-state index in [9.17, 15) is 44.1 Å². The van der Waals surface area contributed by atoms with Gasteiger partial charge in [0.15, 0.2) is 22.2 Å². The van der Waals surface area contributed by atoms with E-state index in [1.165, 1.54) is 17.1 Å². The Morgan fingerprint density at radius 2 is 1.96 bits per heavy atom. The summed E-state index contributed by atoms with van der Waals surface area (Å²) in [6.07, 6.45) is 1.64. The number of pyridine rings is 1. The summed E-state index contributed by atoms with van der Waals surface area (Å²) in [5.74, 6) is -5.51. The number of amides is 3. The van der Waals surface area contributed by atoms with Crippen LogP contribution in [0.15, 0.2) is 38.9 Å². The number of likely N-dealkylation sites (N-methyl/N-ethyl adjacent to an activating group) is 1. The van der Waals surface area contributed by atoms with Crippen molar-refractivity contribution in [3.63, 3.8) is 0 Å². The number of nitrogen functional groups attached to an aromatic ring is 1. The summed E-state index contributed by atoms with van der Waals surface area (Å²) in [6.45, 7) is 3.24. The zero-order chi connectivity index (χ0) is 36.0. The number of carboxylic acids is 2. The quantitative estimate of drug-likeness (QED) is 0.0550. The Labute approximate surface area is 315 Å². The first-order valence-corrected chi connectivity index (χ1v) is 16.8. The molecule has 0 unspecified atom stereocenters. The van der Waals surface area contributed by atoms with Crippen molar-refractivity contribution in [1.29, 1.82) is 0 Å². The fourth-order valence-corrected chi connectivity index (χ4v) is 7.56. The fraction of sp³-hybridized carbons (Fsp3) is 0.448. The number of H-pyrrole nitrogens is 1. The topological polar surface area (TPSA) is 264 Å². The summed E-state index contributed by atoms with van der Waals surface area (Å²) in [5.41, 5.74) is 2.80. The minimum Gasteiger partial charge on any atom is -0.546 e. The van der Waals surface area contributed by atoms with Crippen LogP contribution in [0.2, 0.25) is 0 Å². The molecule has 3 aliphatic rings. The average Bonchev–Trinajstić information content (AvgIpc) is 3.70. The largest absolute Gasteiger partial charge is 1.00 e. The third-order valence-electron chi connectivity index (χ3n) is 8.52.